The van der Waals surface area contributed by atoms with Crippen molar-refractivity contribution in [1.29, 1.82) is 0 Å². The minimum Gasteiger partial charge on any atom is -0.313 e. The Morgan fingerprint density at radius 2 is 1.68 bits per heavy atom. The van der Waals surface area contributed by atoms with Crippen LogP contribution in [-0.4, -0.2) is 19.0 Å². The summed E-state index contributed by atoms with van der Waals surface area (Å²) in [7, 11) is 4.18. The maximum absolute atomic E-state index is 3.45. The van der Waals surface area contributed by atoms with E-state index in [4.69, 9.17) is 0 Å². The summed E-state index contributed by atoms with van der Waals surface area (Å²) >= 11 is 3.45. The molecule has 0 unspecified atom stereocenters. The van der Waals surface area contributed by atoms with Gasteiger partial charge in [-0.25, -0.2) is 12.1 Å². The standard InChI is InChI=1S/C14H15BrN.C5H5.Fe/c1-16(2)10-11-3-4-13(9-11)12-5-7-14(15)8-6-12;1-2-4-5-3-1;/h3-9H,10H2,1-2H3;1-5H;/q2*-1;+2. The van der Waals surface area contributed by atoms with E-state index in [1.807, 2.05) is 30.3 Å². The number of hydrogen-bond acceptors (Lipinski definition) is 1. The van der Waals surface area contributed by atoms with Crippen molar-refractivity contribution in [2.75, 3.05) is 14.1 Å². The van der Waals surface area contributed by atoms with Gasteiger partial charge in [0.15, 0.2) is 0 Å². The molecule has 0 aromatic heterocycles. The van der Waals surface area contributed by atoms with Crippen molar-refractivity contribution in [2.24, 2.45) is 0 Å². The van der Waals surface area contributed by atoms with Gasteiger partial charge < -0.3 is 4.90 Å². The average Bonchev–Trinajstić information content (AvgIpc) is 3.12. The molecule has 0 saturated carbocycles. The van der Waals surface area contributed by atoms with E-state index in [-0.39, 0.29) is 17.1 Å². The maximum Gasteiger partial charge on any atom is 2.00 e. The maximum atomic E-state index is 3.45. The Kier molecular flexibility index (Phi) is 8.44. The minimum atomic E-state index is 0. The Hall–Kier alpha value is -1.12. The van der Waals surface area contributed by atoms with Gasteiger partial charge in [0.2, 0.25) is 0 Å². The Balaban J connectivity index is 0.000000344. The smallest absolute Gasteiger partial charge is 0.313 e. The van der Waals surface area contributed by atoms with Crippen molar-refractivity contribution in [3.8, 4) is 11.1 Å². The molecule has 0 spiro atoms. The summed E-state index contributed by atoms with van der Waals surface area (Å²) in [6.07, 6.45) is 0. The SMILES string of the molecule is CN(C)Cc1cc[c-](-c2ccc(Br)cc2)c1.[Fe+2].c1cc[cH-]c1. The van der Waals surface area contributed by atoms with Gasteiger partial charge in [0.25, 0.3) is 0 Å². The molecule has 0 amide bonds. The average molecular weight is 398 g/mol. The minimum absolute atomic E-state index is 0. The molecule has 0 fully saturated rings. The van der Waals surface area contributed by atoms with Gasteiger partial charge in [0.1, 0.15) is 0 Å². The van der Waals surface area contributed by atoms with Gasteiger partial charge in [0, 0.05) is 4.47 Å². The molecule has 0 saturated heterocycles. The zero-order valence-electron chi connectivity index (χ0n) is 12.8. The second-order valence-electron chi connectivity index (χ2n) is 5.21. The Bertz CT molecular complexity index is 607. The van der Waals surface area contributed by atoms with Crippen molar-refractivity contribution in [1.82, 2.24) is 4.90 Å². The van der Waals surface area contributed by atoms with Crippen LogP contribution in [0.3, 0.4) is 0 Å². The molecule has 3 aromatic carbocycles. The first kappa shape index (κ1) is 18.9. The third-order valence-electron chi connectivity index (χ3n) is 3.05. The van der Waals surface area contributed by atoms with Crippen LogP contribution in [0.2, 0.25) is 0 Å². The van der Waals surface area contributed by atoms with Crippen LogP contribution in [0.1, 0.15) is 5.56 Å². The molecule has 0 aliphatic rings. The van der Waals surface area contributed by atoms with Crippen LogP contribution in [0.5, 0.6) is 0 Å². The fourth-order valence-electron chi connectivity index (χ4n) is 2.10. The molecule has 0 radical (unpaired) electrons. The van der Waals surface area contributed by atoms with Gasteiger partial charge >= 0.3 is 17.1 Å². The van der Waals surface area contributed by atoms with Gasteiger partial charge in [-0.3, -0.25) is 0 Å². The van der Waals surface area contributed by atoms with Crippen LogP contribution >= 0.6 is 15.9 Å². The van der Waals surface area contributed by atoms with E-state index < -0.39 is 0 Å². The first-order chi connectivity index (χ1) is 10.1. The molecule has 0 aliphatic heterocycles. The number of nitrogens with zero attached hydrogens (tertiary/aromatic N) is 1. The summed E-state index contributed by atoms with van der Waals surface area (Å²) in [4.78, 5) is 2.18. The fraction of sp³-hybridized carbons (Fsp3) is 0.158. The normalized spacial score (nSPS) is 9.82. The number of halogens is 1. The third kappa shape index (κ3) is 6.33. The van der Waals surface area contributed by atoms with E-state index in [9.17, 15) is 0 Å². The molecule has 116 valence electrons. The van der Waals surface area contributed by atoms with Gasteiger partial charge in [0.05, 0.1) is 0 Å². The summed E-state index contributed by atoms with van der Waals surface area (Å²) in [5.74, 6) is 0. The first-order valence-corrected chi connectivity index (χ1v) is 7.77. The third-order valence-corrected chi connectivity index (χ3v) is 3.58. The quantitative estimate of drug-likeness (QED) is 0.428. The van der Waals surface area contributed by atoms with Gasteiger partial charge in [-0.15, -0.1) is 41.5 Å². The monoisotopic (exact) mass is 397 g/mol. The van der Waals surface area contributed by atoms with Crippen molar-refractivity contribution in [2.45, 2.75) is 6.54 Å². The molecule has 0 aliphatic carbocycles. The molecule has 3 heteroatoms. The van der Waals surface area contributed by atoms with Crippen LogP contribution in [-0.2, 0) is 23.6 Å². The predicted molar refractivity (Wildman–Crippen MR) is 94.6 cm³/mol. The Morgan fingerprint density at radius 3 is 2.18 bits per heavy atom. The molecule has 0 bridgehead atoms. The molecular formula is C19H20BrFeN. The van der Waals surface area contributed by atoms with Crippen molar-refractivity contribution < 1.29 is 17.1 Å². The zero-order valence-corrected chi connectivity index (χ0v) is 15.5. The van der Waals surface area contributed by atoms with Crippen molar-refractivity contribution in [3.63, 3.8) is 0 Å². The molecule has 22 heavy (non-hydrogen) atoms. The Morgan fingerprint density at radius 1 is 1.05 bits per heavy atom. The summed E-state index contributed by atoms with van der Waals surface area (Å²) in [6.45, 7) is 0.997. The molecule has 0 N–H and O–H groups in total. The Labute approximate surface area is 152 Å². The second kappa shape index (κ2) is 9.81. The second-order valence-corrected chi connectivity index (χ2v) is 6.13. The predicted octanol–water partition coefficient (Wildman–Crippen LogP) is 5.30. The summed E-state index contributed by atoms with van der Waals surface area (Å²) in [6, 6.07) is 25.1. The van der Waals surface area contributed by atoms with Crippen LogP contribution in [0.25, 0.3) is 11.1 Å². The molecule has 3 rings (SSSR count). The van der Waals surface area contributed by atoms with Crippen molar-refractivity contribution >= 4 is 15.9 Å². The largest absolute Gasteiger partial charge is 2.00 e. The summed E-state index contributed by atoms with van der Waals surface area (Å²) < 4.78 is 1.12. The summed E-state index contributed by atoms with van der Waals surface area (Å²) in [5, 5.41) is 0. The van der Waals surface area contributed by atoms with Gasteiger partial charge in [-0.1, -0.05) is 33.6 Å². The van der Waals surface area contributed by atoms with E-state index in [1.165, 1.54) is 16.7 Å². The molecule has 3 aromatic rings. The molecule has 0 atom stereocenters. The first-order valence-electron chi connectivity index (χ1n) is 6.98. The zero-order chi connectivity index (χ0) is 15.1. The number of rotatable bonds is 3. The van der Waals surface area contributed by atoms with Crippen LogP contribution in [0, 0.1) is 0 Å². The van der Waals surface area contributed by atoms with Gasteiger partial charge in [-0.05, 0) is 20.6 Å². The van der Waals surface area contributed by atoms with E-state index >= 15 is 0 Å². The van der Waals surface area contributed by atoms with E-state index in [1.54, 1.807) is 0 Å². The van der Waals surface area contributed by atoms with Crippen LogP contribution in [0.4, 0.5) is 0 Å². The van der Waals surface area contributed by atoms with Gasteiger partial charge in [-0.2, -0.15) is 18.2 Å². The number of hydrogen-bond donors (Lipinski definition) is 0. The molecule has 1 nitrogen and oxygen atoms in total. The van der Waals surface area contributed by atoms with Crippen molar-refractivity contribution in [3.05, 3.63) is 82.8 Å². The topological polar surface area (TPSA) is 3.24 Å². The van der Waals surface area contributed by atoms with Crippen LogP contribution in [0.15, 0.2) is 77.3 Å². The fourth-order valence-corrected chi connectivity index (χ4v) is 2.36. The summed E-state index contributed by atoms with van der Waals surface area (Å²) in [5.41, 5.74) is 3.93. The van der Waals surface area contributed by atoms with Crippen LogP contribution < -0.4 is 0 Å². The van der Waals surface area contributed by atoms with E-state index in [0.717, 1.165) is 11.0 Å². The van der Waals surface area contributed by atoms with E-state index in [0.29, 0.717) is 0 Å². The molecule has 0 heterocycles. The number of benzene rings is 1. The molecular weight excluding hydrogens is 378 g/mol. The van der Waals surface area contributed by atoms with E-state index in [2.05, 4.69) is 77.4 Å².